The number of benzene rings is 2. The summed E-state index contributed by atoms with van der Waals surface area (Å²) >= 11 is 6.20. The zero-order valence-electron chi connectivity index (χ0n) is 17.7. The number of ether oxygens (including phenoxy) is 2. The van der Waals surface area contributed by atoms with Crippen molar-refractivity contribution in [3.63, 3.8) is 0 Å². The Morgan fingerprint density at radius 1 is 1.16 bits per heavy atom. The molecule has 2 saturated heterocycles. The lowest BCUT2D eigenvalue weighted by Gasteiger charge is -2.30. The molecular formula is C23H26ClN3O4. The first kappa shape index (κ1) is 21.5. The van der Waals surface area contributed by atoms with E-state index < -0.39 is 5.92 Å². The lowest BCUT2D eigenvalue weighted by atomic mass is 10.1. The van der Waals surface area contributed by atoms with Gasteiger partial charge in [-0.15, -0.1) is 0 Å². The summed E-state index contributed by atoms with van der Waals surface area (Å²) in [6.07, 6.45) is 0.149. The van der Waals surface area contributed by atoms with Crippen LogP contribution in [-0.2, 0) is 14.3 Å². The Kier molecular flexibility index (Phi) is 6.34. The van der Waals surface area contributed by atoms with Gasteiger partial charge in [-0.2, -0.15) is 0 Å². The summed E-state index contributed by atoms with van der Waals surface area (Å²) in [5, 5.41) is 3.55. The van der Waals surface area contributed by atoms with Gasteiger partial charge in [0.2, 0.25) is 11.8 Å². The van der Waals surface area contributed by atoms with Gasteiger partial charge in [-0.1, -0.05) is 17.7 Å². The van der Waals surface area contributed by atoms with Crippen molar-refractivity contribution >= 4 is 40.5 Å². The van der Waals surface area contributed by atoms with Gasteiger partial charge in [0.1, 0.15) is 5.75 Å². The molecule has 0 unspecified atom stereocenters. The first-order chi connectivity index (χ1) is 15.0. The molecular weight excluding hydrogens is 418 g/mol. The third-order valence-electron chi connectivity index (χ3n) is 5.69. The zero-order chi connectivity index (χ0) is 22.0. The minimum atomic E-state index is -0.464. The van der Waals surface area contributed by atoms with E-state index >= 15 is 0 Å². The van der Waals surface area contributed by atoms with Gasteiger partial charge in [0.25, 0.3) is 0 Å². The number of halogens is 1. The molecule has 8 heteroatoms. The molecule has 31 heavy (non-hydrogen) atoms. The molecule has 1 N–H and O–H groups in total. The van der Waals surface area contributed by atoms with Crippen LogP contribution in [0, 0.1) is 12.8 Å². The third kappa shape index (κ3) is 4.62. The molecule has 164 valence electrons. The van der Waals surface area contributed by atoms with Crippen molar-refractivity contribution in [3.05, 3.63) is 47.0 Å². The third-order valence-corrected chi connectivity index (χ3v) is 5.92. The molecule has 2 amide bonds. The molecule has 1 atom stereocenters. The quantitative estimate of drug-likeness (QED) is 0.766. The highest BCUT2D eigenvalue weighted by Crippen LogP contribution is 2.35. The molecule has 0 bridgehead atoms. The Hall–Kier alpha value is -2.77. The van der Waals surface area contributed by atoms with E-state index in [0.29, 0.717) is 41.9 Å². The van der Waals surface area contributed by atoms with Crippen LogP contribution in [-0.4, -0.2) is 51.8 Å². The van der Waals surface area contributed by atoms with Crippen molar-refractivity contribution in [1.82, 2.24) is 0 Å². The topological polar surface area (TPSA) is 71.1 Å². The number of carbonyl (C=O) groups is 2. The molecule has 7 nitrogen and oxygen atoms in total. The second-order valence-electron chi connectivity index (χ2n) is 7.83. The van der Waals surface area contributed by atoms with Gasteiger partial charge in [-0.25, -0.2) is 0 Å². The van der Waals surface area contributed by atoms with Crippen LogP contribution in [0.4, 0.5) is 17.1 Å². The van der Waals surface area contributed by atoms with Crippen molar-refractivity contribution < 1.29 is 19.1 Å². The fraction of sp³-hybridized carbons (Fsp3) is 0.391. The predicted octanol–water partition coefficient (Wildman–Crippen LogP) is 3.49. The molecule has 2 aliphatic heterocycles. The molecule has 0 radical (unpaired) electrons. The highest BCUT2D eigenvalue weighted by Gasteiger charge is 2.36. The first-order valence-corrected chi connectivity index (χ1v) is 10.7. The Labute approximate surface area is 186 Å². The summed E-state index contributed by atoms with van der Waals surface area (Å²) in [6, 6.07) is 11.2. The van der Waals surface area contributed by atoms with Crippen LogP contribution in [0.15, 0.2) is 36.4 Å². The zero-order valence-corrected chi connectivity index (χ0v) is 18.4. The van der Waals surface area contributed by atoms with Gasteiger partial charge in [-0.05, 0) is 42.8 Å². The minimum Gasteiger partial charge on any atom is -0.495 e. The van der Waals surface area contributed by atoms with Crippen LogP contribution in [0.3, 0.4) is 0 Å². The van der Waals surface area contributed by atoms with E-state index in [1.807, 2.05) is 37.3 Å². The maximum Gasteiger partial charge on any atom is 0.229 e. The van der Waals surface area contributed by atoms with Crippen molar-refractivity contribution in [2.45, 2.75) is 13.3 Å². The second-order valence-corrected chi connectivity index (χ2v) is 8.27. The first-order valence-electron chi connectivity index (χ1n) is 10.3. The Bertz CT molecular complexity index is 991. The lowest BCUT2D eigenvalue weighted by Crippen LogP contribution is -2.37. The predicted molar refractivity (Wildman–Crippen MR) is 121 cm³/mol. The number of carbonyl (C=O) groups excluding carboxylic acids is 2. The molecule has 2 aliphatic rings. The summed E-state index contributed by atoms with van der Waals surface area (Å²) in [5.74, 6) is -0.138. The van der Waals surface area contributed by atoms with Crippen molar-refractivity contribution in [3.8, 4) is 5.75 Å². The SMILES string of the molecule is COc1ccc(C)cc1N1C[C@@H](C(=O)Nc2cc(Cl)ccc2N2CCOCC2)CC1=O. The van der Waals surface area contributed by atoms with E-state index in [9.17, 15) is 9.59 Å². The standard InChI is InChI=1S/C23H26ClN3O4/c1-15-3-6-21(30-2)20(11-15)27-14-16(12-22(27)28)23(29)25-18-13-17(24)4-5-19(18)26-7-9-31-10-8-26/h3-6,11,13,16H,7-10,12,14H2,1-2H3,(H,25,29)/t16-/m0/s1. The monoisotopic (exact) mass is 443 g/mol. The van der Waals surface area contributed by atoms with E-state index in [-0.39, 0.29) is 18.2 Å². The summed E-state index contributed by atoms with van der Waals surface area (Å²) in [7, 11) is 1.57. The van der Waals surface area contributed by atoms with Crippen LogP contribution < -0.4 is 19.9 Å². The number of nitrogens with zero attached hydrogens (tertiary/aromatic N) is 2. The van der Waals surface area contributed by atoms with Gasteiger partial charge in [0, 0.05) is 31.1 Å². The summed E-state index contributed by atoms with van der Waals surface area (Å²) in [5.41, 5.74) is 3.27. The number of nitrogens with one attached hydrogen (secondary N) is 1. The van der Waals surface area contributed by atoms with Crippen molar-refractivity contribution in [2.75, 3.05) is 55.1 Å². The van der Waals surface area contributed by atoms with Crippen molar-refractivity contribution in [2.24, 2.45) is 5.92 Å². The number of hydrogen-bond acceptors (Lipinski definition) is 5. The Morgan fingerprint density at radius 3 is 2.68 bits per heavy atom. The van der Waals surface area contributed by atoms with E-state index in [2.05, 4.69) is 10.2 Å². The Balaban J connectivity index is 1.52. The number of amides is 2. The highest BCUT2D eigenvalue weighted by molar-refractivity contribution is 6.31. The average Bonchev–Trinajstić information content (AvgIpc) is 3.16. The fourth-order valence-corrected chi connectivity index (χ4v) is 4.22. The van der Waals surface area contributed by atoms with Gasteiger partial charge in [0.05, 0.1) is 43.3 Å². The van der Waals surface area contributed by atoms with Crippen LogP contribution in [0.25, 0.3) is 0 Å². The Morgan fingerprint density at radius 2 is 1.94 bits per heavy atom. The van der Waals surface area contributed by atoms with Gasteiger partial charge in [-0.3, -0.25) is 9.59 Å². The molecule has 0 aliphatic carbocycles. The van der Waals surface area contributed by atoms with Crippen LogP contribution in [0.2, 0.25) is 5.02 Å². The molecule has 0 saturated carbocycles. The number of methoxy groups -OCH3 is 1. The average molecular weight is 444 g/mol. The molecule has 0 spiro atoms. The van der Waals surface area contributed by atoms with Gasteiger partial charge >= 0.3 is 0 Å². The molecule has 0 aromatic heterocycles. The maximum atomic E-state index is 13.1. The fourth-order valence-electron chi connectivity index (χ4n) is 4.05. The molecule has 2 heterocycles. The van der Waals surface area contributed by atoms with Crippen LogP contribution in [0.1, 0.15) is 12.0 Å². The number of hydrogen-bond donors (Lipinski definition) is 1. The number of rotatable bonds is 5. The second kappa shape index (κ2) is 9.16. The largest absolute Gasteiger partial charge is 0.495 e. The van der Waals surface area contributed by atoms with Crippen LogP contribution in [0.5, 0.6) is 5.75 Å². The minimum absolute atomic E-state index is 0.0939. The highest BCUT2D eigenvalue weighted by atomic mass is 35.5. The number of morpholine rings is 1. The van der Waals surface area contributed by atoms with E-state index in [4.69, 9.17) is 21.1 Å². The van der Waals surface area contributed by atoms with Crippen molar-refractivity contribution in [1.29, 1.82) is 0 Å². The summed E-state index contributed by atoms with van der Waals surface area (Å²) < 4.78 is 10.9. The van der Waals surface area contributed by atoms with Crippen LogP contribution >= 0.6 is 11.6 Å². The normalized spacial score (nSPS) is 18.9. The molecule has 2 fully saturated rings. The molecule has 2 aromatic carbocycles. The van der Waals surface area contributed by atoms with E-state index in [0.717, 1.165) is 24.3 Å². The van der Waals surface area contributed by atoms with Gasteiger partial charge in [0.15, 0.2) is 0 Å². The maximum absolute atomic E-state index is 13.1. The lowest BCUT2D eigenvalue weighted by molar-refractivity contribution is -0.122. The number of aryl methyl sites for hydroxylation is 1. The molecule has 2 aromatic rings. The van der Waals surface area contributed by atoms with Gasteiger partial charge < -0.3 is 24.6 Å². The number of anilines is 3. The summed E-state index contributed by atoms with van der Waals surface area (Å²) in [4.78, 5) is 29.6. The summed E-state index contributed by atoms with van der Waals surface area (Å²) in [6.45, 7) is 5.03. The van der Waals surface area contributed by atoms with E-state index in [1.165, 1.54) is 0 Å². The van der Waals surface area contributed by atoms with E-state index in [1.54, 1.807) is 18.1 Å². The molecule has 4 rings (SSSR count). The smallest absolute Gasteiger partial charge is 0.229 e.